The van der Waals surface area contributed by atoms with Crippen LogP contribution in [0.1, 0.15) is 75.8 Å². The van der Waals surface area contributed by atoms with Crippen LogP contribution in [0.4, 0.5) is 0 Å². The van der Waals surface area contributed by atoms with Crippen LogP contribution in [0.3, 0.4) is 0 Å². The van der Waals surface area contributed by atoms with Crippen molar-refractivity contribution in [1.82, 2.24) is 0 Å². The first-order valence-corrected chi connectivity index (χ1v) is 13.1. The minimum Gasteiger partial charge on any atom is -0.507 e. The summed E-state index contributed by atoms with van der Waals surface area (Å²) in [5.41, 5.74) is 1.14. The lowest BCUT2D eigenvalue weighted by Gasteiger charge is -2.48. The van der Waals surface area contributed by atoms with Gasteiger partial charge < -0.3 is 45.5 Å². The molecule has 41 heavy (non-hydrogen) atoms. The lowest BCUT2D eigenvalue weighted by atomic mass is 9.68. The Bertz CT molecular complexity index is 1400. The molecule has 1 saturated heterocycles. The third-order valence-corrected chi connectivity index (χ3v) is 8.69. The summed E-state index contributed by atoms with van der Waals surface area (Å²) in [6.45, 7) is 2.22. The summed E-state index contributed by atoms with van der Waals surface area (Å²) < 4.78 is 17.3. The molecule has 2 aromatic rings. The van der Waals surface area contributed by atoms with Crippen LogP contribution in [0.2, 0.25) is 0 Å². The molecule has 0 spiro atoms. The number of nitrogens with two attached hydrogens (primary N) is 2. The van der Waals surface area contributed by atoms with Gasteiger partial charge in [-0.25, -0.2) is 5.90 Å². The second-order valence-corrected chi connectivity index (χ2v) is 11.1. The van der Waals surface area contributed by atoms with Crippen molar-refractivity contribution in [2.45, 2.75) is 75.0 Å². The molecule has 3 aliphatic rings. The minimum atomic E-state index is -2.00. The maximum atomic E-state index is 13.8. The van der Waals surface area contributed by atoms with Crippen molar-refractivity contribution in [3.8, 4) is 17.2 Å². The molecule has 9 N–H and O–H groups in total. The highest BCUT2D eigenvalue weighted by Crippen LogP contribution is 2.54. The molecule has 0 bridgehead atoms. The van der Waals surface area contributed by atoms with E-state index in [1.54, 1.807) is 6.92 Å². The Hall–Kier alpha value is -3.14. The van der Waals surface area contributed by atoms with Crippen LogP contribution in [0, 0.1) is 0 Å². The summed E-state index contributed by atoms with van der Waals surface area (Å²) in [5.74, 6) is 2.84. The number of aliphatic hydroxyl groups is 3. The normalized spacial score (nSPS) is 30.7. The number of aliphatic hydroxyl groups excluding tert-OH is 2. The third-order valence-electron chi connectivity index (χ3n) is 8.69. The summed E-state index contributed by atoms with van der Waals surface area (Å²) in [4.78, 5) is 32.4. The van der Waals surface area contributed by atoms with E-state index >= 15 is 0 Å². The number of rotatable bonds is 6. The van der Waals surface area contributed by atoms with Crippen LogP contribution >= 0.6 is 0 Å². The lowest BCUT2D eigenvalue weighted by Crippen LogP contribution is -2.61. The molecule has 13 heteroatoms. The predicted octanol–water partition coefficient (Wildman–Crippen LogP) is 0.0812. The van der Waals surface area contributed by atoms with Crippen LogP contribution in [-0.4, -0.2) is 86.6 Å². The van der Waals surface area contributed by atoms with Gasteiger partial charge in [0.15, 0.2) is 12.1 Å². The fourth-order valence-electron chi connectivity index (χ4n) is 6.09. The lowest BCUT2D eigenvalue weighted by molar-refractivity contribution is -0.261. The van der Waals surface area contributed by atoms with E-state index < -0.39 is 89.1 Å². The monoisotopic (exact) mass is 574 g/mol. The van der Waals surface area contributed by atoms with E-state index in [1.165, 1.54) is 32.2 Å². The largest absolute Gasteiger partial charge is 0.507 e. The zero-order valence-electron chi connectivity index (χ0n) is 22.8. The first kappa shape index (κ1) is 29.4. The molecule has 1 unspecified atom stereocenters. The summed E-state index contributed by atoms with van der Waals surface area (Å²) >= 11 is 0. The molecule has 222 valence electrons. The molecule has 1 fully saturated rings. The highest BCUT2D eigenvalue weighted by atomic mass is 16.7. The van der Waals surface area contributed by atoms with Crippen LogP contribution < -0.4 is 16.4 Å². The average Bonchev–Trinajstić information content (AvgIpc) is 2.95. The number of methoxy groups -OCH3 is 1. The number of phenolic OH excluding ortho intramolecular Hbond substituents is 2. The van der Waals surface area contributed by atoms with Gasteiger partial charge in [0.05, 0.1) is 48.7 Å². The van der Waals surface area contributed by atoms with Crippen LogP contribution in [-0.2, 0) is 20.7 Å². The van der Waals surface area contributed by atoms with Gasteiger partial charge in [-0.05, 0) is 19.9 Å². The molecule has 2 aliphatic carbocycles. The Morgan fingerprint density at radius 1 is 1.15 bits per heavy atom. The van der Waals surface area contributed by atoms with E-state index in [0.29, 0.717) is 0 Å². The number of fused-ring (bicyclic) bond motifs is 3. The summed E-state index contributed by atoms with van der Waals surface area (Å²) in [6, 6.07) is 3.71. The molecule has 7 atom stereocenters. The molecule has 0 amide bonds. The van der Waals surface area contributed by atoms with Gasteiger partial charge in [-0.2, -0.15) is 0 Å². The first-order chi connectivity index (χ1) is 19.3. The minimum absolute atomic E-state index is 0.0296. The second-order valence-electron chi connectivity index (χ2n) is 11.1. The van der Waals surface area contributed by atoms with Gasteiger partial charge in [-0.1, -0.05) is 12.1 Å². The third kappa shape index (κ3) is 4.32. The van der Waals surface area contributed by atoms with Crippen molar-refractivity contribution in [2.24, 2.45) is 11.6 Å². The average molecular weight is 575 g/mol. The highest BCUT2D eigenvalue weighted by Gasteiger charge is 2.55. The van der Waals surface area contributed by atoms with Crippen molar-refractivity contribution in [3.05, 3.63) is 51.6 Å². The number of aromatic hydroxyl groups is 2. The van der Waals surface area contributed by atoms with Gasteiger partial charge >= 0.3 is 0 Å². The van der Waals surface area contributed by atoms with Crippen molar-refractivity contribution in [2.75, 3.05) is 13.7 Å². The van der Waals surface area contributed by atoms with Gasteiger partial charge in [-0.15, -0.1) is 0 Å². The summed E-state index contributed by atoms with van der Waals surface area (Å²) in [5, 5.41) is 55.3. The standard InChI is InChI=1S/C28H34N2O11/c1-11-22(32)14(29)7-17(39-11)40-16-9-28(37,27(2,10-31)41-30)8-13-19(16)26(36)21-20(24(13)34)23(33)12-5-4-6-15(38-3)18(12)25(21)35/h4-6,11,14,16-17,22,31-32,34,36-37H,7-10,29-30H2,1-3H3/t11-,14-,16-,17-,22+,27?,28-/m0/s1. The van der Waals surface area contributed by atoms with Gasteiger partial charge in [0.1, 0.15) is 28.5 Å². The molecule has 1 heterocycles. The van der Waals surface area contributed by atoms with Crippen molar-refractivity contribution in [1.29, 1.82) is 0 Å². The SMILES string of the molecule is COc1cccc2c1C(=O)c1c(O)c3c(c(O)c1C2=O)C[C@@](O)(C(C)(CO)ON)C[C@@H]3O[C@H]1C[C@H](N)[C@H](O)[C@H](C)O1. The summed E-state index contributed by atoms with van der Waals surface area (Å²) in [7, 11) is 1.34. The number of carbonyl (C=O) groups is 2. The molecular weight excluding hydrogens is 540 g/mol. The van der Waals surface area contributed by atoms with E-state index in [9.17, 15) is 35.1 Å². The molecule has 13 nitrogen and oxygen atoms in total. The number of benzene rings is 2. The molecular formula is C28H34N2O11. The fraction of sp³-hybridized carbons (Fsp3) is 0.500. The molecule has 5 rings (SSSR count). The van der Waals surface area contributed by atoms with Crippen LogP contribution in [0.15, 0.2) is 18.2 Å². The van der Waals surface area contributed by atoms with E-state index in [-0.39, 0.29) is 40.8 Å². The molecule has 2 aromatic carbocycles. The summed E-state index contributed by atoms with van der Waals surface area (Å²) in [6.07, 6.45) is -4.71. The van der Waals surface area contributed by atoms with E-state index in [4.69, 9.17) is 30.7 Å². The number of carbonyl (C=O) groups excluding carboxylic acids is 2. The van der Waals surface area contributed by atoms with Crippen molar-refractivity contribution < 1.29 is 54.2 Å². The number of hydrogen-bond acceptors (Lipinski definition) is 13. The zero-order chi connectivity index (χ0) is 30.0. The van der Waals surface area contributed by atoms with Crippen molar-refractivity contribution >= 4 is 11.6 Å². The van der Waals surface area contributed by atoms with Gasteiger partial charge in [0, 0.05) is 42.0 Å². The topological polar surface area (TPSA) is 224 Å². The molecule has 1 aliphatic heterocycles. The maximum absolute atomic E-state index is 13.8. The van der Waals surface area contributed by atoms with Crippen LogP contribution in [0.5, 0.6) is 17.2 Å². The number of phenols is 2. The Morgan fingerprint density at radius 2 is 1.83 bits per heavy atom. The molecule has 0 aromatic heterocycles. The Labute approximate surface area is 235 Å². The van der Waals surface area contributed by atoms with Gasteiger partial charge in [0.2, 0.25) is 5.78 Å². The zero-order valence-corrected chi connectivity index (χ0v) is 22.8. The van der Waals surface area contributed by atoms with E-state index in [0.717, 1.165) is 0 Å². The fourth-order valence-corrected chi connectivity index (χ4v) is 6.09. The highest BCUT2D eigenvalue weighted by molar-refractivity contribution is 6.31. The number of ether oxygens (including phenoxy) is 3. The quantitative estimate of drug-likeness (QED) is 0.153. The van der Waals surface area contributed by atoms with Crippen LogP contribution in [0.25, 0.3) is 0 Å². The number of ketones is 2. The van der Waals surface area contributed by atoms with Gasteiger partial charge in [-0.3, -0.25) is 14.4 Å². The Kier molecular flexibility index (Phi) is 7.37. The predicted molar refractivity (Wildman–Crippen MR) is 140 cm³/mol. The van der Waals surface area contributed by atoms with E-state index in [1.807, 2.05) is 0 Å². The van der Waals surface area contributed by atoms with Crippen molar-refractivity contribution in [3.63, 3.8) is 0 Å². The molecule has 0 radical (unpaired) electrons. The van der Waals surface area contributed by atoms with E-state index in [2.05, 4.69) is 0 Å². The maximum Gasteiger partial charge on any atom is 0.202 e. The smallest absolute Gasteiger partial charge is 0.202 e. The van der Waals surface area contributed by atoms with Gasteiger partial charge in [0.25, 0.3) is 0 Å². The second kappa shape index (κ2) is 10.3. The number of hydrogen-bond donors (Lipinski definition) is 7. The Balaban J connectivity index is 1.71. The molecule has 0 saturated carbocycles. The Morgan fingerprint density at radius 3 is 2.44 bits per heavy atom. The first-order valence-electron chi connectivity index (χ1n) is 13.1.